The van der Waals surface area contributed by atoms with E-state index in [1.54, 1.807) is 0 Å². The fraction of sp³-hybridized carbons (Fsp3) is 0.756. The molecule has 0 saturated carbocycles. The first-order chi connectivity index (χ1) is 33.2. The summed E-state index contributed by atoms with van der Waals surface area (Å²) in [6, 6.07) is -10.1. The van der Waals surface area contributed by atoms with Crippen LogP contribution in [-0.2, 0) is 66.9 Å². The first-order valence-corrected chi connectivity index (χ1v) is 22.5. The van der Waals surface area contributed by atoms with Crippen molar-refractivity contribution in [2.24, 2.45) is 0 Å². The molecule has 0 radical (unpaired) electrons. The van der Waals surface area contributed by atoms with Crippen LogP contribution < -0.4 is 37.2 Å². The Kier molecular flexibility index (Phi) is 25.6. The van der Waals surface area contributed by atoms with Gasteiger partial charge in [0.05, 0.1) is 38.2 Å². The number of amides is 6. The van der Waals surface area contributed by atoms with Crippen LogP contribution in [0.25, 0.3) is 0 Å². The zero-order valence-corrected chi connectivity index (χ0v) is 39.5. The average Bonchev–Trinajstić information content (AvgIpc) is 3.27. The van der Waals surface area contributed by atoms with Crippen LogP contribution in [0.3, 0.4) is 0 Å². The summed E-state index contributed by atoms with van der Waals surface area (Å²) in [4.78, 5) is 122. The van der Waals surface area contributed by atoms with Crippen molar-refractivity contribution >= 4 is 59.3 Å². The number of ether oxygens (including phenoxy) is 4. The Balaban J connectivity index is 2.03. The highest BCUT2D eigenvalue weighted by molar-refractivity contribution is 5.91. The number of carboxylic acids is 4. The first kappa shape index (κ1) is 61.4. The van der Waals surface area contributed by atoms with Gasteiger partial charge in [0.1, 0.15) is 72.9 Å². The van der Waals surface area contributed by atoms with Crippen LogP contribution in [0.4, 0.5) is 0 Å². The van der Waals surface area contributed by atoms with Crippen molar-refractivity contribution in [2.45, 2.75) is 177 Å². The Bertz CT molecular complexity index is 1860. The number of aliphatic carboxylic acids is 4. The van der Waals surface area contributed by atoms with Crippen LogP contribution in [0.2, 0.25) is 0 Å². The minimum atomic E-state index is -1.84. The second-order valence-corrected chi connectivity index (χ2v) is 17.0. The Morgan fingerprint density at radius 2 is 1.20 bits per heavy atom. The third kappa shape index (κ3) is 20.1. The quantitative estimate of drug-likeness (QED) is 0.0297. The van der Waals surface area contributed by atoms with Gasteiger partial charge in [-0.3, -0.25) is 43.7 Å². The minimum Gasteiger partial charge on any atom is -0.481 e. The summed E-state index contributed by atoms with van der Waals surface area (Å²) in [6.45, 7) is 4.26. The summed E-state index contributed by atoms with van der Waals surface area (Å²) in [7, 11) is 0. The summed E-state index contributed by atoms with van der Waals surface area (Å²) < 4.78 is 23.3. The molecule has 0 aliphatic carbocycles. The largest absolute Gasteiger partial charge is 0.481 e. The molecule has 16 atom stereocenters. The van der Waals surface area contributed by atoms with Gasteiger partial charge in [0, 0.05) is 26.8 Å². The SMILES string of the molecule is CC(=O)N[C@@H]1[C@@H](OC(C)CC(=O)N[C@H](C)C(=O)N[C@H](CCC(=O)N[C@@H](CCCCNC(=O)[C@H](CC(=O)O)N[C@@H](C)C(=O)O)C(=O)O)C(=O)O)[C@H](O[C@@H]2O[C@H](CO)[C@@H](O)[C@H](O)[C@H]2NC(C)=O)[C@@H](CO)O[C@@H]1O. The number of carbonyl (C=O) groups is 10. The molecule has 2 fully saturated rings. The maximum absolute atomic E-state index is 13.2. The molecule has 2 rings (SSSR count). The van der Waals surface area contributed by atoms with Crippen molar-refractivity contribution in [2.75, 3.05) is 19.8 Å². The van der Waals surface area contributed by atoms with Crippen molar-refractivity contribution < 1.29 is 113 Å². The monoisotopic (exact) mass is 1030 g/mol. The van der Waals surface area contributed by atoms with Gasteiger partial charge in [-0.1, -0.05) is 0 Å². The van der Waals surface area contributed by atoms with E-state index in [1.807, 2.05) is 0 Å². The van der Waals surface area contributed by atoms with Crippen molar-refractivity contribution in [3.63, 3.8) is 0 Å². The molecule has 2 heterocycles. The van der Waals surface area contributed by atoms with Crippen LogP contribution in [0.5, 0.6) is 0 Å². The number of nitrogens with one attached hydrogen (secondary N) is 7. The van der Waals surface area contributed by atoms with Crippen molar-refractivity contribution in [3.05, 3.63) is 0 Å². The van der Waals surface area contributed by atoms with Gasteiger partial charge in [-0.05, 0) is 46.5 Å². The van der Waals surface area contributed by atoms with Crippen LogP contribution in [0.1, 0.15) is 79.6 Å². The number of aliphatic hydroxyl groups excluding tert-OH is 5. The summed E-state index contributed by atoms with van der Waals surface area (Å²) in [5.41, 5.74) is 0. The summed E-state index contributed by atoms with van der Waals surface area (Å²) in [5.74, 6) is -10.6. The van der Waals surface area contributed by atoms with E-state index < -0.39 is 196 Å². The van der Waals surface area contributed by atoms with Crippen LogP contribution >= 0.6 is 0 Å². The van der Waals surface area contributed by atoms with Gasteiger partial charge in [0.15, 0.2) is 12.6 Å². The predicted octanol–water partition coefficient (Wildman–Crippen LogP) is -6.69. The molecule has 0 bridgehead atoms. The lowest BCUT2D eigenvalue weighted by Gasteiger charge is -2.48. The molecule has 1 unspecified atom stereocenters. The fourth-order valence-electron chi connectivity index (χ4n) is 7.40. The molecule has 30 heteroatoms. The van der Waals surface area contributed by atoms with Gasteiger partial charge in [-0.15, -0.1) is 0 Å². The van der Waals surface area contributed by atoms with E-state index >= 15 is 0 Å². The third-order valence-corrected chi connectivity index (χ3v) is 11.0. The normalized spacial score (nSPS) is 26.7. The summed E-state index contributed by atoms with van der Waals surface area (Å²) >= 11 is 0. The number of aliphatic hydroxyl groups is 5. The maximum Gasteiger partial charge on any atom is 0.326 e. The molecule has 404 valence electrons. The van der Waals surface area contributed by atoms with Gasteiger partial charge < -0.3 is 96.8 Å². The Morgan fingerprint density at radius 1 is 0.606 bits per heavy atom. The summed E-state index contributed by atoms with van der Waals surface area (Å²) in [6.07, 6.45) is -16.3. The van der Waals surface area contributed by atoms with Gasteiger partial charge in [0.2, 0.25) is 35.4 Å². The first-order valence-electron chi connectivity index (χ1n) is 22.5. The topological polar surface area (TPSA) is 474 Å². The van der Waals surface area contributed by atoms with E-state index in [1.165, 1.54) is 20.8 Å². The molecule has 0 spiro atoms. The van der Waals surface area contributed by atoms with Crippen molar-refractivity contribution in [3.8, 4) is 0 Å². The molecular formula is C41H67N7O23. The van der Waals surface area contributed by atoms with Crippen LogP contribution in [0, 0.1) is 0 Å². The Labute approximate surface area is 405 Å². The van der Waals surface area contributed by atoms with E-state index in [0.29, 0.717) is 0 Å². The summed E-state index contributed by atoms with van der Waals surface area (Å²) in [5, 5.41) is 106. The van der Waals surface area contributed by atoms with E-state index in [-0.39, 0.29) is 25.8 Å². The molecule has 71 heavy (non-hydrogen) atoms. The zero-order chi connectivity index (χ0) is 53.9. The molecule has 30 nitrogen and oxygen atoms in total. The van der Waals surface area contributed by atoms with E-state index in [9.17, 15) is 83.7 Å². The zero-order valence-electron chi connectivity index (χ0n) is 39.5. The molecule has 0 aromatic heterocycles. The highest BCUT2D eigenvalue weighted by atomic mass is 16.7. The number of carbonyl (C=O) groups excluding carboxylic acids is 6. The van der Waals surface area contributed by atoms with Crippen molar-refractivity contribution in [1.29, 1.82) is 0 Å². The van der Waals surface area contributed by atoms with Gasteiger partial charge in [0.25, 0.3) is 0 Å². The fourth-order valence-corrected chi connectivity index (χ4v) is 7.40. The predicted molar refractivity (Wildman–Crippen MR) is 234 cm³/mol. The van der Waals surface area contributed by atoms with Crippen LogP contribution in [-0.4, -0.2) is 223 Å². The molecule has 0 aromatic rings. The van der Waals surface area contributed by atoms with E-state index in [0.717, 1.165) is 13.8 Å². The number of carboxylic acid groups (broad SMARTS) is 4. The lowest BCUT2D eigenvalue weighted by molar-refractivity contribution is -0.334. The molecule has 2 aliphatic rings. The Hall–Kier alpha value is -5.70. The number of hydrogen-bond donors (Lipinski definition) is 16. The smallest absolute Gasteiger partial charge is 0.326 e. The maximum atomic E-state index is 13.2. The van der Waals surface area contributed by atoms with E-state index in [2.05, 4.69) is 37.2 Å². The van der Waals surface area contributed by atoms with E-state index in [4.69, 9.17) is 29.2 Å². The third-order valence-electron chi connectivity index (χ3n) is 11.0. The number of rotatable bonds is 30. The molecule has 0 aromatic carbocycles. The molecule has 2 saturated heterocycles. The molecule has 2 aliphatic heterocycles. The molecular weight excluding hydrogens is 958 g/mol. The van der Waals surface area contributed by atoms with Crippen molar-refractivity contribution in [1.82, 2.24) is 37.2 Å². The minimum absolute atomic E-state index is 0.0541. The highest BCUT2D eigenvalue weighted by Crippen LogP contribution is 2.31. The van der Waals surface area contributed by atoms with Crippen LogP contribution in [0.15, 0.2) is 0 Å². The van der Waals surface area contributed by atoms with Gasteiger partial charge >= 0.3 is 23.9 Å². The lowest BCUT2D eigenvalue weighted by atomic mass is 9.94. The lowest BCUT2D eigenvalue weighted by Crippen LogP contribution is -2.69. The average molecular weight is 1030 g/mol. The Morgan fingerprint density at radius 3 is 1.75 bits per heavy atom. The number of unbranched alkanes of at least 4 members (excludes halogenated alkanes) is 1. The second-order valence-electron chi connectivity index (χ2n) is 17.0. The number of hydrogen-bond acceptors (Lipinski definition) is 20. The standard InChI is InChI=1S/C41H67N7O23/c1-16(68-34-30(46-20(5)52)40(67)69-25(15-50)33(34)71-41-29(45-19(4)51)32(58)31(57)24(14-49)70-41)12-27(54)44-17(2)35(59)48-22(39(65)66)9-10-26(53)47-21(38(63)64)8-6-7-11-42-36(60)23(13-28(55)56)43-18(3)37(61)62/h16-18,21-25,29-34,40-41,43,49-50,57-58,67H,6-15H2,1-5H3,(H,42,60)(H,44,54)(H,45,51)(H,46,52)(H,47,53)(H,48,59)(H,55,56)(H,61,62)(H,63,64)(H,65,66)/t16?,17-,18+,21+,22-,23+,24-,25-,29-,30-,31-,32-,33-,34-,40+,41+/m1/s1. The highest BCUT2D eigenvalue weighted by Gasteiger charge is 2.52. The van der Waals surface area contributed by atoms with Gasteiger partial charge in [-0.25, -0.2) is 9.59 Å². The second kappa shape index (κ2) is 29.6. The molecule has 6 amide bonds. The van der Waals surface area contributed by atoms with Gasteiger partial charge in [-0.2, -0.15) is 0 Å². The molecule has 16 N–H and O–H groups in total.